The first-order chi connectivity index (χ1) is 9.45. The van der Waals surface area contributed by atoms with Gasteiger partial charge in [0.05, 0.1) is 0 Å². The van der Waals surface area contributed by atoms with E-state index in [1.54, 1.807) is 4.90 Å². The molecule has 20 heavy (non-hydrogen) atoms. The number of urea groups is 1. The Bertz CT molecular complexity index is 326. The van der Waals surface area contributed by atoms with Crippen molar-refractivity contribution in [3.05, 3.63) is 0 Å². The first kappa shape index (κ1) is 16.8. The quantitative estimate of drug-likeness (QED) is 0.773. The fraction of sp³-hybridized carbons (Fsp3) is 0.857. The fourth-order valence-corrected chi connectivity index (χ4v) is 2.49. The van der Waals surface area contributed by atoms with Gasteiger partial charge in [-0.25, -0.2) is 9.59 Å². The van der Waals surface area contributed by atoms with Crippen molar-refractivity contribution >= 4 is 12.0 Å². The van der Waals surface area contributed by atoms with Gasteiger partial charge in [0, 0.05) is 19.1 Å². The molecule has 1 unspecified atom stereocenters. The Labute approximate surface area is 121 Å². The van der Waals surface area contributed by atoms with Crippen LogP contribution >= 0.6 is 0 Å². The van der Waals surface area contributed by atoms with Crippen LogP contribution < -0.4 is 5.32 Å². The number of piperidine rings is 1. The summed E-state index contributed by atoms with van der Waals surface area (Å²) >= 11 is 0. The summed E-state index contributed by atoms with van der Waals surface area (Å²) < 4.78 is 0. The molecule has 1 heterocycles. The molecule has 1 aliphatic rings. The Kier molecular flexibility index (Phi) is 6.78. The molecule has 0 aliphatic carbocycles. The van der Waals surface area contributed by atoms with Crippen molar-refractivity contribution in [2.75, 3.05) is 27.2 Å². The Balaban J connectivity index is 2.43. The average molecular weight is 285 g/mol. The maximum absolute atomic E-state index is 12.1. The molecule has 2 N–H and O–H groups in total. The van der Waals surface area contributed by atoms with E-state index < -0.39 is 12.0 Å². The van der Waals surface area contributed by atoms with Gasteiger partial charge in [-0.15, -0.1) is 0 Å². The summed E-state index contributed by atoms with van der Waals surface area (Å²) in [5, 5.41) is 11.8. The van der Waals surface area contributed by atoms with Gasteiger partial charge in [-0.3, -0.25) is 0 Å². The second-order valence-electron chi connectivity index (χ2n) is 5.66. The van der Waals surface area contributed by atoms with E-state index in [2.05, 4.69) is 10.2 Å². The topological polar surface area (TPSA) is 72.9 Å². The van der Waals surface area contributed by atoms with E-state index in [0.29, 0.717) is 25.6 Å². The summed E-state index contributed by atoms with van der Waals surface area (Å²) in [6.45, 7) is 3.39. The molecule has 6 heteroatoms. The van der Waals surface area contributed by atoms with Gasteiger partial charge in [0.1, 0.15) is 6.04 Å². The third kappa shape index (κ3) is 5.00. The number of nitrogens with one attached hydrogen (secondary N) is 1. The molecule has 0 radical (unpaired) electrons. The molecular formula is C14H27N3O3. The van der Waals surface area contributed by atoms with Gasteiger partial charge in [0.25, 0.3) is 0 Å². The van der Waals surface area contributed by atoms with E-state index in [4.69, 9.17) is 5.11 Å². The summed E-state index contributed by atoms with van der Waals surface area (Å²) in [4.78, 5) is 27.1. The number of rotatable bonds is 6. The van der Waals surface area contributed by atoms with Crippen LogP contribution in [0.25, 0.3) is 0 Å². The van der Waals surface area contributed by atoms with E-state index in [9.17, 15) is 9.59 Å². The third-order valence-electron chi connectivity index (χ3n) is 3.92. The van der Waals surface area contributed by atoms with E-state index in [0.717, 1.165) is 25.7 Å². The van der Waals surface area contributed by atoms with Crippen LogP contribution in [0.15, 0.2) is 0 Å². The number of carboxylic acids is 1. The van der Waals surface area contributed by atoms with Gasteiger partial charge < -0.3 is 20.2 Å². The van der Waals surface area contributed by atoms with Gasteiger partial charge in [0.2, 0.25) is 0 Å². The van der Waals surface area contributed by atoms with Crippen LogP contribution in [-0.2, 0) is 4.79 Å². The molecule has 2 amide bonds. The summed E-state index contributed by atoms with van der Waals surface area (Å²) in [6.07, 6.45) is 4.10. The molecule has 6 nitrogen and oxygen atoms in total. The number of nitrogens with zero attached hydrogens (tertiary/aromatic N) is 2. The Morgan fingerprint density at radius 2 is 1.95 bits per heavy atom. The number of likely N-dealkylation sites (tertiary alicyclic amines) is 1. The predicted octanol–water partition coefficient (Wildman–Crippen LogP) is 1.37. The fourth-order valence-electron chi connectivity index (χ4n) is 2.49. The van der Waals surface area contributed by atoms with Gasteiger partial charge in [0.15, 0.2) is 0 Å². The van der Waals surface area contributed by atoms with Crippen LogP contribution in [0.1, 0.15) is 39.0 Å². The number of unbranched alkanes of at least 4 members (excludes halogenated alkanes) is 1. The highest BCUT2D eigenvalue weighted by Crippen LogP contribution is 2.14. The molecule has 1 fully saturated rings. The number of aliphatic carboxylic acids is 1. The molecular weight excluding hydrogens is 258 g/mol. The summed E-state index contributed by atoms with van der Waals surface area (Å²) in [7, 11) is 4.09. The minimum absolute atomic E-state index is 0.245. The van der Waals surface area contributed by atoms with Crippen molar-refractivity contribution in [1.29, 1.82) is 0 Å². The number of carboxylic acid groups (broad SMARTS) is 1. The molecule has 0 aromatic heterocycles. The molecule has 0 saturated carbocycles. The molecule has 116 valence electrons. The zero-order chi connectivity index (χ0) is 15.1. The zero-order valence-electron chi connectivity index (χ0n) is 12.8. The lowest BCUT2D eigenvalue weighted by molar-refractivity contribution is -0.139. The largest absolute Gasteiger partial charge is 0.480 e. The average Bonchev–Trinajstić information content (AvgIpc) is 2.42. The molecule has 1 rings (SSSR count). The molecule has 1 aliphatic heterocycles. The smallest absolute Gasteiger partial charge is 0.326 e. The Morgan fingerprint density at radius 3 is 2.40 bits per heavy atom. The van der Waals surface area contributed by atoms with E-state index in [1.807, 2.05) is 21.0 Å². The van der Waals surface area contributed by atoms with Crippen molar-refractivity contribution in [3.8, 4) is 0 Å². The minimum atomic E-state index is -0.949. The van der Waals surface area contributed by atoms with Gasteiger partial charge >= 0.3 is 12.0 Å². The number of hydrogen-bond acceptors (Lipinski definition) is 3. The second-order valence-corrected chi connectivity index (χ2v) is 5.66. The highest BCUT2D eigenvalue weighted by molar-refractivity contribution is 5.82. The van der Waals surface area contributed by atoms with Gasteiger partial charge in [-0.05, 0) is 33.4 Å². The number of carbonyl (C=O) groups excluding carboxylic acids is 1. The van der Waals surface area contributed by atoms with E-state index >= 15 is 0 Å². The SMILES string of the molecule is CCCCC(NC(=O)N1CCC(N(C)C)CC1)C(=O)O. The Hall–Kier alpha value is -1.30. The maximum atomic E-state index is 12.1. The lowest BCUT2D eigenvalue weighted by atomic mass is 10.0. The highest BCUT2D eigenvalue weighted by atomic mass is 16.4. The Morgan fingerprint density at radius 1 is 1.35 bits per heavy atom. The molecule has 1 saturated heterocycles. The molecule has 0 aromatic rings. The van der Waals surface area contributed by atoms with Crippen molar-refractivity contribution in [2.24, 2.45) is 0 Å². The standard InChI is InChI=1S/C14H27N3O3/c1-4-5-6-12(13(18)19)15-14(20)17-9-7-11(8-10-17)16(2)3/h11-12H,4-10H2,1-3H3,(H,15,20)(H,18,19). The normalized spacial score (nSPS) is 18.1. The third-order valence-corrected chi connectivity index (χ3v) is 3.92. The second kappa shape index (κ2) is 8.09. The number of amides is 2. The summed E-state index contributed by atoms with van der Waals surface area (Å²) in [5.74, 6) is -0.949. The van der Waals surface area contributed by atoms with Crippen LogP contribution in [0.4, 0.5) is 4.79 Å². The van der Waals surface area contributed by atoms with Crippen LogP contribution in [0.5, 0.6) is 0 Å². The van der Waals surface area contributed by atoms with Crippen molar-refractivity contribution in [3.63, 3.8) is 0 Å². The molecule has 1 atom stereocenters. The zero-order valence-corrected chi connectivity index (χ0v) is 12.8. The maximum Gasteiger partial charge on any atom is 0.326 e. The summed E-state index contributed by atoms with van der Waals surface area (Å²) in [6, 6.07) is -0.505. The van der Waals surface area contributed by atoms with E-state index in [-0.39, 0.29) is 6.03 Å². The molecule has 0 aromatic carbocycles. The molecule has 0 bridgehead atoms. The van der Waals surface area contributed by atoms with Crippen LogP contribution in [-0.4, -0.2) is 66.2 Å². The monoisotopic (exact) mass is 285 g/mol. The van der Waals surface area contributed by atoms with Crippen molar-refractivity contribution < 1.29 is 14.7 Å². The minimum Gasteiger partial charge on any atom is -0.480 e. The molecule has 0 spiro atoms. The first-order valence-corrected chi connectivity index (χ1v) is 7.40. The number of carbonyl (C=O) groups is 2. The van der Waals surface area contributed by atoms with Gasteiger partial charge in [-0.2, -0.15) is 0 Å². The predicted molar refractivity (Wildman–Crippen MR) is 77.8 cm³/mol. The lowest BCUT2D eigenvalue weighted by Gasteiger charge is -2.35. The van der Waals surface area contributed by atoms with Crippen LogP contribution in [0, 0.1) is 0 Å². The lowest BCUT2D eigenvalue weighted by Crippen LogP contribution is -2.52. The number of hydrogen-bond donors (Lipinski definition) is 2. The first-order valence-electron chi connectivity index (χ1n) is 7.40. The van der Waals surface area contributed by atoms with Gasteiger partial charge in [-0.1, -0.05) is 19.8 Å². The van der Waals surface area contributed by atoms with Crippen molar-refractivity contribution in [1.82, 2.24) is 15.1 Å². The summed E-state index contributed by atoms with van der Waals surface area (Å²) in [5.41, 5.74) is 0. The van der Waals surface area contributed by atoms with Crippen molar-refractivity contribution in [2.45, 2.75) is 51.1 Å². The van der Waals surface area contributed by atoms with Crippen LogP contribution in [0.2, 0.25) is 0 Å². The highest BCUT2D eigenvalue weighted by Gasteiger charge is 2.26. The van der Waals surface area contributed by atoms with Crippen LogP contribution in [0.3, 0.4) is 0 Å². The van der Waals surface area contributed by atoms with E-state index in [1.165, 1.54) is 0 Å².